The van der Waals surface area contributed by atoms with E-state index in [0.717, 1.165) is 11.6 Å². The van der Waals surface area contributed by atoms with Crippen LogP contribution in [0.1, 0.15) is 11.1 Å². The molecular formula is C19H17BrFNO4. The highest BCUT2D eigenvalue weighted by molar-refractivity contribution is 9.10. The maximum Gasteiger partial charge on any atom is 0.331 e. The SMILES string of the molecule is COc1cccc(CNC(=O)COC(=O)C=Cc2cc(Br)ccc2F)c1. The van der Waals surface area contributed by atoms with E-state index in [1.807, 2.05) is 12.1 Å². The van der Waals surface area contributed by atoms with Gasteiger partial charge in [0.1, 0.15) is 11.6 Å². The lowest BCUT2D eigenvalue weighted by Gasteiger charge is -2.07. The molecule has 0 fully saturated rings. The molecule has 0 aromatic heterocycles. The van der Waals surface area contributed by atoms with Gasteiger partial charge in [0.05, 0.1) is 7.11 Å². The Morgan fingerprint density at radius 3 is 2.81 bits per heavy atom. The van der Waals surface area contributed by atoms with E-state index in [2.05, 4.69) is 21.2 Å². The lowest BCUT2D eigenvalue weighted by molar-refractivity contribution is -0.143. The lowest BCUT2D eigenvalue weighted by atomic mass is 10.2. The summed E-state index contributed by atoms with van der Waals surface area (Å²) in [5.41, 5.74) is 1.09. The van der Waals surface area contributed by atoms with Crippen molar-refractivity contribution in [2.45, 2.75) is 6.54 Å². The fraction of sp³-hybridized carbons (Fsp3) is 0.158. The monoisotopic (exact) mass is 421 g/mol. The van der Waals surface area contributed by atoms with E-state index in [0.29, 0.717) is 10.2 Å². The topological polar surface area (TPSA) is 64.6 Å². The molecule has 26 heavy (non-hydrogen) atoms. The van der Waals surface area contributed by atoms with Crippen LogP contribution in [0.3, 0.4) is 0 Å². The zero-order valence-electron chi connectivity index (χ0n) is 14.0. The summed E-state index contributed by atoms with van der Waals surface area (Å²) >= 11 is 3.22. The zero-order valence-corrected chi connectivity index (χ0v) is 15.6. The summed E-state index contributed by atoms with van der Waals surface area (Å²) in [7, 11) is 1.56. The maximum atomic E-state index is 13.6. The molecule has 0 aliphatic carbocycles. The van der Waals surface area contributed by atoms with Crippen molar-refractivity contribution in [1.82, 2.24) is 5.32 Å². The van der Waals surface area contributed by atoms with Gasteiger partial charge in [-0.15, -0.1) is 0 Å². The third-order valence-corrected chi connectivity index (χ3v) is 3.82. The summed E-state index contributed by atoms with van der Waals surface area (Å²) in [6, 6.07) is 11.6. The predicted molar refractivity (Wildman–Crippen MR) is 98.9 cm³/mol. The van der Waals surface area contributed by atoms with Crippen molar-refractivity contribution in [3.05, 3.63) is 70.0 Å². The van der Waals surface area contributed by atoms with Crippen molar-refractivity contribution in [2.24, 2.45) is 0 Å². The molecule has 0 bridgehead atoms. The van der Waals surface area contributed by atoms with Gasteiger partial charge in [0, 0.05) is 22.7 Å². The summed E-state index contributed by atoms with van der Waals surface area (Å²) in [5, 5.41) is 2.63. The molecule has 1 amide bonds. The van der Waals surface area contributed by atoms with Crippen molar-refractivity contribution in [2.75, 3.05) is 13.7 Å². The number of carbonyl (C=O) groups excluding carboxylic acids is 2. The van der Waals surface area contributed by atoms with E-state index in [9.17, 15) is 14.0 Å². The lowest BCUT2D eigenvalue weighted by Crippen LogP contribution is -2.28. The van der Waals surface area contributed by atoms with Gasteiger partial charge in [0.25, 0.3) is 5.91 Å². The van der Waals surface area contributed by atoms with Gasteiger partial charge in [-0.3, -0.25) is 4.79 Å². The molecule has 0 saturated carbocycles. The number of nitrogens with one attached hydrogen (secondary N) is 1. The molecule has 7 heteroatoms. The molecule has 0 unspecified atom stereocenters. The largest absolute Gasteiger partial charge is 0.497 e. The molecule has 0 spiro atoms. The summed E-state index contributed by atoms with van der Waals surface area (Å²) < 4.78 is 24.2. The van der Waals surface area contributed by atoms with Crippen LogP contribution in [0.2, 0.25) is 0 Å². The van der Waals surface area contributed by atoms with Gasteiger partial charge >= 0.3 is 5.97 Å². The van der Waals surface area contributed by atoms with E-state index in [-0.39, 0.29) is 12.1 Å². The second-order valence-corrected chi connectivity index (χ2v) is 6.15. The number of methoxy groups -OCH3 is 1. The molecule has 2 aromatic rings. The number of benzene rings is 2. The molecule has 5 nitrogen and oxygen atoms in total. The molecule has 0 heterocycles. The molecule has 136 valence electrons. The minimum Gasteiger partial charge on any atom is -0.497 e. The summed E-state index contributed by atoms with van der Waals surface area (Å²) in [5.74, 6) is -0.953. The molecule has 0 radical (unpaired) electrons. The van der Waals surface area contributed by atoms with Gasteiger partial charge < -0.3 is 14.8 Å². The molecule has 0 atom stereocenters. The Bertz CT molecular complexity index is 823. The normalized spacial score (nSPS) is 10.6. The van der Waals surface area contributed by atoms with E-state index in [4.69, 9.17) is 9.47 Å². The van der Waals surface area contributed by atoms with Crippen LogP contribution < -0.4 is 10.1 Å². The second-order valence-electron chi connectivity index (χ2n) is 5.24. The fourth-order valence-electron chi connectivity index (χ4n) is 2.02. The number of amides is 1. The first-order valence-electron chi connectivity index (χ1n) is 7.67. The Balaban J connectivity index is 1.78. The van der Waals surface area contributed by atoms with Gasteiger partial charge in [-0.25, -0.2) is 9.18 Å². The van der Waals surface area contributed by atoms with E-state index < -0.39 is 24.3 Å². The second kappa shape index (κ2) is 9.72. The van der Waals surface area contributed by atoms with Crippen molar-refractivity contribution in [3.63, 3.8) is 0 Å². The van der Waals surface area contributed by atoms with Crippen LogP contribution in [0.5, 0.6) is 5.75 Å². The number of hydrogen-bond donors (Lipinski definition) is 1. The van der Waals surface area contributed by atoms with E-state index >= 15 is 0 Å². The molecule has 2 rings (SSSR count). The van der Waals surface area contributed by atoms with Gasteiger partial charge in [0.2, 0.25) is 0 Å². The van der Waals surface area contributed by atoms with Crippen LogP contribution in [-0.4, -0.2) is 25.6 Å². The molecular weight excluding hydrogens is 405 g/mol. The number of ether oxygens (including phenoxy) is 2. The van der Waals surface area contributed by atoms with Crippen molar-refractivity contribution in [3.8, 4) is 5.75 Å². The van der Waals surface area contributed by atoms with Crippen LogP contribution in [0.4, 0.5) is 4.39 Å². The van der Waals surface area contributed by atoms with E-state index in [1.54, 1.807) is 25.3 Å². The average molecular weight is 422 g/mol. The minimum atomic E-state index is -0.735. The fourth-order valence-corrected chi connectivity index (χ4v) is 2.40. The number of esters is 1. The van der Waals surface area contributed by atoms with Crippen LogP contribution in [0, 0.1) is 5.82 Å². The van der Waals surface area contributed by atoms with Crippen molar-refractivity contribution in [1.29, 1.82) is 0 Å². The standard InChI is InChI=1S/C19H17BrFNO4/c1-25-16-4-2-3-13(9-16)11-22-18(23)12-26-19(24)8-5-14-10-15(20)6-7-17(14)21/h2-10H,11-12H2,1H3,(H,22,23). The Kier molecular flexibility index (Phi) is 7.35. The average Bonchev–Trinajstić information content (AvgIpc) is 2.65. The molecule has 0 aliphatic rings. The minimum absolute atomic E-state index is 0.235. The highest BCUT2D eigenvalue weighted by Gasteiger charge is 2.06. The Labute approximate surface area is 158 Å². The quantitative estimate of drug-likeness (QED) is 0.549. The van der Waals surface area contributed by atoms with Crippen molar-refractivity contribution >= 4 is 33.9 Å². The molecule has 1 N–H and O–H groups in total. The molecule has 0 saturated heterocycles. The number of hydrogen-bond acceptors (Lipinski definition) is 4. The summed E-state index contributed by atoms with van der Waals surface area (Å²) in [4.78, 5) is 23.4. The maximum absolute atomic E-state index is 13.6. The zero-order chi connectivity index (χ0) is 18.9. The highest BCUT2D eigenvalue weighted by Crippen LogP contribution is 2.16. The smallest absolute Gasteiger partial charge is 0.331 e. The first-order chi connectivity index (χ1) is 12.5. The third kappa shape index (κ3) is 6.33. The summed E-state index contributed by atoms with van der Waals surface area (Å²) in [6.45, 7) is -0.138. The Morgan fingerprint density at radius 1 is 1.23 bits per heavy atom. The van der Waals surface area contributed by atoms with Crippen molar-refractivity contribution < 1.29 is 23.5 Å². The van der Waals surface area contributed by atoms with Gasteiger partial charge in [-0.1, -0.05) is 28.1 Å². The number of halogens is 2. The number of carbonyl (C=O) groups is 2. The Hall–Kier alpha value is -2.67. The van der Waals surface area contributed by atoms with Crippen LogP contribution in [0.25, 0.3) is 6.08 Å². The van der Waals surface area contributed by atoms with Gasteiger partial charge in [0.15, 0.2) is 6.61 Å². The predicted octanol–water partition coefficient (Wildman–Crippen LogP) is 3.47. The van der Waals surface area contributed by atoms with Gasteiger partial charge in [-0.05, 0) is 42.0 Å². The number of rotatable bonds is 7. The van der Waals surface area contributed by atoms with Gasteiger partial charge in [-0.2, -0.15) is 0 Å². The first kappa shape index (κ1) is 19.7. The van der Waals surface area contributed by atoms with Crippen LogP contribution in [-0.2, 0) is 20.9 Å². The highest BCUT2D eigenvalue weighted by atomic mass is 79.9. The first-order valence-corrected chi connectivity index (χ1v) is 8.47. The van der Waals surface area contributed by atoms with E-state index in [1.165, 1.54) is 18.2 Å². The Morgan fingerprint density at radius 2 is 2.04 bits per heavy atom. The van der Waals surface area contributed by atoms with Crippen LogP contribution >= 0.6 is 15.9 Å². The molecule has 2 aromatic carbocycles. The van der Waals surface area contributed by atoms with Crippen LogP contribution in [0.15, 0.2) is 53.0 Å². The molecule has 0 aliphatic heterocycles. The summed E-state index contributed by atoms with van der Waals surface area (Å²) in [6.07, 6.45) is 2.36. The third-order valence-electron chi connectivity index (χ3n) is 3.33.